The van der Waals surface area contributed by atoms with Crippen LogP contribution in [0.15, 0.2) is 53.1 Å². The van der Waals surface area contributed by atoms with E-state index in [4.69, 9.17) is 10.2 Å². The van der Waals surface area contributed by atoms with Gasteiger partial charge in [0.1, 0.15) is 11.6 Å². The van der Waals surface area contributed by atoms with Crippen molar-refractivity contribution in [1.82, 2.24) is 4.98 Å². The summed E-state index contributed by atoms with van der Waals surface area (Å²) in [6, 6.07) is 9.62. The Bertz CT molecular complexity index is 964. The van der Waals surface area contributed by atoms with Gasteiger partial charge in [-0.15, -0.1) is 0 Å². The summed E-state index contributed by atoms with van der Waals surface area (Å²) >= 11 is 0. The standard InChI is InChI=1S/C19H15F2N3O3/c20-13-2-1-3-14(21)18(13)15-10-23-17(27-15)9-8-16(25)24-12-6-4-11(5-7-12)19(22)26/h1-7,10H,8-9H2,(H2,22,26)(H,24,25). The van der Waals surface area contributed by atoms with Crippen LogP contribution in [0.25, 0.3) is 11.3 Å². The van der Waals surface area contributed by atoms with Crippen molar-refractivity contribution in [3.05, 3.63) is 71.8 Å². The molecule has 2 amide bonds. The number of nitrogens with two attached hydrogens (primary N) is 1. The molecule has 0 unspecified atom stereocenters. The van der Waals surface area contributed by atoms with Crippen LogP contribution < -0.4 is 11.1 Å². The number of halogens is 2. The average molecular weight is 371 g/mol. The minimum Gasteiger partial charge on any atom is -0.441 e. The Morgan fingerprint density at radius 1 is 1.07 bits per heavy atom. The number of nitrogens with zero attached hydrogens (tertiary/aromatic N) is 1. The number of aromatic nitrogens is 1. The fourth-order valence-corrected chi connectivity index (χ4v) is 2.44. The van der Waals surface area contributed by atoms with Gasteiger partial charge in [0.25, 0.3) is 0 Å². The first-order valence-corrected chi connectivity index (χ1v) is 8.03. The lowest BCUT2D eigenvalue weighted by molar-refractivity contribution is -0.116. The highest BCUT2D eigenvalue weighted by Crippen LogP contribution is 2.26. The lowest BCUT2D eigenvalue weighted by Gasteiger charge is -2.05. The molecule has 3 aromatic rings. The molecule has 0 bridgehead atoms. The number of carbonyl (C=O) groups excluding carboxylic acids is 2. The second-order valence-corrected chi connectivity index (χ2v) is 5.70. The van der Waals surface area contributed by atoms with E-state index in [1.807, 2.05) is 0 Å². The normalized spacial score (nSPS) is 10.6. The molecule has 8 heteroatoms. The Morgan fingerprint density at radius 2 is 1.74 bits per heavy atom. The maximum atomic E-state index is 13.8. The lowest BCUT2D eigenvalue weighted by Crippen LogP contribution is -2.13. The van der Waals surface area contributed by atoms with Crippen molar-refractivity contribution in [2.24, 2.45) is 5.73 Å². The van der Waals surface area contributed by atoms with Crippen LogP contribution in [0.3, 0.4) is 0 Å². The SMILES string of the molecule is NC(=O)c1ccc(NC(=O)CCc2ncc(-c3c(F)cccc3F)o2)cc1. The van der Waals surface area contributed by atoms with Gasteiger partial charge < -0.3 is 15.5 Å². The van der Waals surface area contributed by atoms with Crippen molar-refractivity contribution in [3.63, 3.8) is 0 Å². The number of rotatable bonds is 6. The van der Waals surface area contributed by atoms with E-state index < -0.39 is 17.5 Å². The molecule has 0 aliphatic rings. The van der Waals surface area contributed by atoms with Crippen LogP contribution in [-0.2, 0) is 11.2 Å². The summed E-state index contributed by atoms with van der Waals surface area (Å²) < 4.78 is 32.9. The van der Waals surface area contributed by atoms with Crippen molar-refractivity contribution < 1.29 is 22.8 Å². The molecule has 1 heterocycles. The van der Waals surface area contributed by atoms with Crippen molar-refractivity contribution in [3.8, 4) is 11.3 Å². The number of aryl methyl sites for hydroxylation is 1. The summed E-state index contributed by atoms with van der Waals surface area (Å²) in [7, 11) is 0. The first kappa shape index (κ1) is 18.2. The van der Waals surface area contributed by atoms with E-state index in [-0.39, 0.29) is 36.0 Å². The van der Waals surface area contributed by atoms with E-state index in [9.17, 15) is 18.4 Å². The van der Waals surface area contributed by atoms with Crippen LogP contribution in [0.2, 0.25) is 0 Å². The van der Waals surface area contributed by atoms with Gasteiger partial charge in [-0.05, 0) is 36.4 Å². The molecule has 0 spiro atoms. The van der Waals surface area contributed by atoms with Crippen LogP contribution in [0.5, 0.6) is 0 Å². The number of hydrogen-bond donors (Lipinski definition) is 2. The monoisotopic (exact) mass is 371 g/mol. The molecule has 0 atom stereocenters. The highest BCUT2D eigenvalue weighted by molar-refractivity contribution is 5.94. The number of oxazole rings is 1. The van der Waals surface area contributed by atoms with Gasteiger partial charge in [-0.3, -0.25) is 9.59 Å². The molecule has 3 rings (SSSR count). The molecule has 0 radical (unpaired) electrons. The summed E-state index contributed by atoms with van der Waals surface area (Å²) in [5.74, 6) is -2.22. The highest BCUT2D eigenvalue weighted by atomic mass is 19.1. The number of anilines is 1. The minimum absolute atomic E-state index is 0.0388. The molecule has 138 valence electrons. The third kappa shape index (κ3) is 4.35. The van der Waals surface area contributed by atoms with Gasteiger partial charge >= 0.3 is 0 Å². The molecule has 0 saturated heterocycles. The highest BCUT2D eigenvalue weighted by Gasteiger charge is 2.16. The van der Waals surface area contributed by atoms with Crippen molar-refractivity contribution in [2.75, 3.05) is 5.32 Å². The van der Waals surface area contributed by atoms with Gasteiger partial charge in [0.2, 0.25) is 11.8 Å². The summed E-state index contributed by atoms with van der Waals surface area (Å²) in [4.78, 5) is 27.0. The maximum Gasteiger partial charge on any atom is 0.248 e. The topological polar surface area (TPSA) is 98.2 Å². The quantitative estimate of drug-likeness (QED) is 0.695. The fraction of sp³-hybridized carbons (Fsp3) is 0.105. The van der Waals surface area contributed by atoms with E-state index in [0.717, 1.165) is 12.1 Å². The molecule has 1 aromatic heterocycles. The van der Waals surface area contributed by atoms with Gasteiger partial charge in [0.05, 0.1) is 11.8 Å². The van der Waals surface area contributed by atoms with Crippen LogP contribution in [-0.4, -0.2) is 16.8 Å². The molecular weight excluding hydrogens is 356 g/mol. The Labute approximate surface area is 153 Å². The minimum atomic E-state index is -0.755. The van der Waals surface area contributed by atoms with Crippen LogP contribution in [0.1, 0.15) is 22.7 Å². The number of nitrogens with one attached hydrogen (secondary N) is 1. The summed E-state index contributed by atoms with van der Waals surface area (Å²) in [5, 5.41) is 2.65. The molecule has 0 aliphatic carbocycles. The largest absolute Gasteiger partial charge is 0.441 e. The fourth-order valence-electron chi connectivity index (χ4n) is 2.44. The number of carbonyl (C=O) groups is 2. The Morgan fingerprint density at radius 3 is 2.37 bits per heavy atom. The summed E-state index contributed by atoms with van der Waals surface area (Å²) in [6.07, 6.45) is 1.43. The van der Waals surface area contributed by atoms with E-state index in [0.29, 0.717) is 11.3 Å². The molecule has 0 aliphatic heterocycles. The van der Waals surface area contributed by atoms with Gasteiger partial charge in [-0.25, -0.2) is 13.8 Å². The Balaban J connectivity index is 1.60. The van der Waals surface area contributed by atoms with Gasteiger partial charge in [-0.1, -0.05) is 6.07 Å². The number of amides is 2. The number of hydrogen-bond acceptors (Lipinski definition) is 4. The molecule has 3 N–H and O–H groups in total. The van der Waals surface area contributed by atoms with Crippen LogP contribution >= 0.6 is 0 Å². The van der Waals surface area contributed by atoms with Crippen LogP contribution in [0.4, 0.5) is 14.5 Å². The number of benzene rings is 2. The average Bonchev–Trinajstić information content (AvgIpc) is 3.09. The summed E-state index contributed by atoms with van der Waals surface area (Å²) in [5.41, 5.74) is 5.69. The maximum absolute atomic E-state index is 13.8. The first-order chi connectivity index (χ1) is 12.9. The molecular formula is C19H15F2N3O3. The molecule has 27 heavy (non-hydrogen) atoms. The van der Waals surface area contributed by atoms with Crippen molar-refractivity contribution >= 4 is 17.5 Å². The third-order valence-electron chi connectivity index (χ3n) is 3.78. The van der Waals surface area contributed by atoms with Crippen molar-refractivity contribution in [1.29, 1.82) is 0 Å². The third-order valence-corrected chi connectivity index (χ3v) is 3.78. The zero-order chi connectivity index (χ0) is 19.4. The van der Waals surface area contributed by atoms with Gasteiger partial charge in [-0.2, -0.15) is 0 Å². The van der Waals surface area contributed by atoms with Crippen LogP contribution in [0, 0.1) is 11.6 Å². The second-order valence-electron chi connectivity index (χ2n) is 5.70. The molecule has 0 saturated carbocycles. The second kappa shape index (κ2) is 7.77. The van der Waals surface area contributed by atoms with E-state index in [2.05, 4.69) is 10.3 Å². The van der Waals surface area contributed by atoms with E-state index in [1.54, 1.807) is 12.1 Å². The first-order valence-electron chi connectivity index (χ1n) is 8.03. The number of primary amides is 1. The zero-order valence-corrected chi connectivity index (χ0v) is 14.0. The molecule has 2 aromatic carbocycles. The molecule has 6 nitrogen and oxygen atoms in total. The van der Waals surface area contributed by atoms with Gasteiger partial charge in [0, 0.05) is 24.1 Å². The van der Waals surface area contributed by atoms with Gasteiger partial charge in [0.15, 0.2) is 11.7 Å². The lowest BCUT2D eigenvalue weighted by atomic mass is 10.1. The van der Waals surface area contributed by atoms with E-state index >= 15 is 0 Å². The summed E-state index contributed by atoms with van der Waals surface area (Å²) in [6.45, 7) is 0. The zero-order valence-electron chi connectivity index (χ0n) is 14.0. The van der Waals surface area contributed by atoms with E-state index in [1.165, 1.54) is 24.4 Å². The predicted molar refractivity (Wildman–Crippen MR) is 93.8 cm³/mol. The Hall–Kier alpha value is -3.55. The predicted octanol–water partition coefficient (Wildman–Crippen LogP) is 3.29. The smallest absolute Gasteiger partial charge is 0.248 e. The molecule has 0 fully saturated rings. The van der Waals surface area contributed by atoms with Crippen molar-refractivity contribution in [2.45, 2.75) is 12.8 Å². The Kier molecular flexibility index (Phi) is 5.25.